The molecule has 0 spiro atoms. The number of carbonyl (C=O) groups excluding carboxylic acids is 1. The van der Waals surface area contributed by atoms with E-state index in [1.807, 2.05) is 4.90 Å². The van der Waals surface area contributed by atoms with Crippen molar-refractivity contribution < 1.29 is 9.18 Å². The van der Waals surface area contributed by atoms with Gasteiger partial charge in [0.25, 0.3) is 5.91 Å². The Labute approximate surface area is 134 Å². The van der Waals surface area contributed by atoms with Crippen LogP contribution in [0, 0.1) is 5.82 Å². The van der Waals surface area contributed by atoms with Crippen LogP contribution in [0.5, 0.6) is 0 Å². The van der Waals surface area contributed by atoms with Gasteiger partial charge in [-0.05, 0) is 37.1 Å². The second-order valence-electron chi connectivity index (χ2n) is 6.18. The molecule has 120 valence electrons. The Bertz CT molecular complexity index is 717. The molecule has 2 aliphatic rings. The predicted octanol–water partition coefficient (Wildman–Crippen LogP) is 1.93. The smallest absolute Gasteiger partial charge is 0.274 e. The summed E-state index contributed by atoms with van der Waals surface area (Å²) in [6.07, 6.45) is 4.29. The molecule has 23 heavy (non-hydrogen) atoms. The first-order chi connectivity index (χ1) is 11.2. The van der Waals surface area contributed by atoms with E-state index < -0.39 is 0 Å². The van der Waals surface area contributed by atoms with Crippen LogP contribution in [0.2, 0.25) is 0 Å². The van der Waals surface area contributed by atoms with Crippen molar-refractivity contribution in [3.8, 4) is 5.69 Å². The Balaban J connectivity index is 1.45. The summed E-state index contributed by atoms with van der Waals surface area (Å²) in [5.74, 6) is -0.363. The molecule has 2 fully saturated rings. The fourth-order valence-electron chi connectivity index (χ4n) is 3.09. The van der Waals surface area contributed by atoms with Crippen LogP contribution in [-0.4, -0.2) is 57.7 Å². The second-order valence-corrected chi connectivity index (χ2v) is 6.18. The summed E-state index contributed by atoms with van der Waals surface area (Å²) in [5, 5.41) is 4.31. The number of carbonyl (C=O) groups is 1. The summed E-state index contributed by atoms with van der Waals surface area (Å²) >= 11 is 0. The summed E-state index contributed by atoms with van der Waals surface area (Å²) in [7, 11) is 0. The molecule has 0 unspecified atom stereocenters. The number of amides is 1. The van der Waals surface area contributed by atoms with Gasteiger partial charge in [-0.15, -0.1) is 0 Å². The number of rotatable bonds is 3. The van der Waals surface area contributed by atoms with Crippen LogP contribution in [0.4, 0.5) is 4.39 Å². The number of nitrogens with zero attached hydrogens (tertiary/aromatic N) is 4. The minimum absolute atomic E-state index is 0.0457. The third-order valence-corrected chi connectivity index (χ3v) is 4.55. The van der Waals surface area contributed by atoms with Gasteiger partial charge < -0.3 is 4.90 Å². The molecule has 4 rings (SSSR count). The van der Waals surface area contributed by atoms with Crippen LogP contribution in [0.15, 0.2) is 36.5 Å². The zero-order valence-corrected chi connectivity index (χ0v) is 12.9. The fourth-order valence-corrected chi connectivity index (χ4v) is 3.09. The monoisotopic (exact) mass is 314 g/mol. The topological polar surface area (TPSA) is 41.4 Å². The highest BCUT2D eigenvalue weighted by Crippen LogP contribution is 2.27. The molecule has 0 radical (unpaired) electrons. The molecule has 5 nitrogen and oxygen atoms in total. The van der Waals surface area contributed by atoms with Crippen LogP contribution in [0.25, 0.3) is 5.69 Å². The average Bonchev–Trinajstić information content (AvgIpc) is 3.31. The van der Waals surface area contributed by atoms with Crippen molar-refractivity contribution in [3.05, 3.63) is 48.0 Å². The van der Waals surface area contributed by atoms with Crippen molar-refractivity contribution in [2.75, 3.05) is 26.2 Å². The average molecular weight is 314 g/mol. The lowest BCUT2D eigenvalue weighted by Crippen LogP contribution is -2.49. The van der Waals surface area contributed by atoms with Crippen LogP contribution >= 0.6 is 0 Å². The maximum absolute atomic E-state index is 13.3. The predicted molar refractivity (Wildman–Crippen MR) is 84.0 cm³/mol. The number of hydrogen-bond donors (Lipinski definition) is 0. The number of piperazine rings is 1. The van der Waals surface area contributed by atoms with E-state index >= 15 is 0 Å². The Morgan fingerprint density at radius 3 is 2.61 bits per heavy atom. The molecule has 2 aromatic rings. The third-order valence-electron chi connectivity index (χ3n) is 4.55. The Morgan fingerprint density at radius 1 is 1.13 bits per heavy atom. The van der Waals surface area contributed by atoms with Crippen molar-refractivity contribution in [2.24, 2.45) is 0 Å². The van der Waals surface area contributed by atoms with Gasteiger partial charge in [-0.25, -0.2) is 9.07 Å². The summed E-state index contributed by atoms with van der Waals surface area (Å²) < 4.78 is 14.8. The molecule has 1 saturated heterocycles. The molecule has 0 atom stereocenters. The van der Waals surface area contributed by atoms with Gasteiger partial charge in [0, 0.05) is 38.4 Å². The SMILES string of the molecule is O=C(c1ccn(-c2cccc(F)c2)n1)N1CCN(C2CC2)CC1. The molecule has 1 amide bonds. The lowest BCUT2D eigenvalue weighted by molar-refractivity contribution is 0.0621. The van der Waals surface area contributed by atoms with Crippen molar-refractivity contribution >= 4 is 5.91 Å². The molecule has 0 N–H and O–H groups in total. The summed E-state index contributed by atoms with van der Waals surface area (Å²) in [5.41, 5.74) is 1.02. The van der Waals surface area contributed by atoms with Gasteiger partial charge in [-0.2, -0.15) is 5.10 Å². The van der Waals surface area contributed by atoms with Gasteiger partial charge >= 0.3 is 0 Å². The highest BCUT2D eigenvalue weighted by atomic mass is 19.1. The molecule has 1 aliphatic carbocycles. The number of benzene rings is 1. The summed E-state index contributed by atoms with van der Waals surface area (Å²) in [6.45, 7) is 3.40. The molecule has 6 heteroatoms. The van der Waals surface area contributed by atoms with Crippen LogP contribution in [0.3, 0.4) is 0 Å². The Morgan fingerprint density at radius 2 is 1.91 bits per heavy atom. The lowest BCUT2D eigenvalue weighted by atomic mass is 10.2. The maximum Gasteiger partial charge on any atom is 0.274 e. The molecule has 1 saturated carbocycles. The lowest BCUT2D eigenvalue weighted by Gasteiger charge is -2.34. The second kappa shape index (κ2) is 5.77. The van der Waals surface area contributed by atoms with Crippen molar-refractivity contribution in [2.45, 2.75) is 18.9 Å². The van der Waals surface area contributed by atoms with E-state index in [2.05, 4.69) is 10.00 Å². The molecule has 1 aliphatic heterocycles. The summed E-state index contributed by atoms with van der Waals surface area (Å²) in [6, 6.07) is 8.62. The third kappa shape index (κ3) is 2.99. The van der Waals surface area contributed by atoms with E-state index in [-0.39, 0.29) is 11.7 Å². The number of aromatic nitrogens is 2. The van der Waals surface area contributed by atoms with E-state index in [0.29, 0.717) is 11.4 Å². The molecular formula is C17H19FN4O. The zero-order valence-electron chi connectivity index (χ0n) is 12.9. The first kappa shape index (κ1) is 14.4. The molecule has 1 aromatic heterocycles. The largest absolute Gasteiger partial charge is 0.335 e. The number of halogens is 1. The van der Waals surface area contributed by atoms with E-state index in [9.17, 15) is 9.18 Å². The molecular weight excluding hydrogens is 295 g/mol. The minimum atomic E-state index is -0.318. The van der Waals surface area contributed by atoms with Gasteiger partial charge in [-0.3, -0.25) is 9.69 Å². The first-order valence-electron chi connectivity index (χ1n) is 8.06. The standard InChI is InChI=1S/C17H19FN4O/c18-13-2-1-3-15(12-13)22-7-6-16(19-22)17(23)21-10-8-20(9-11-21)14-4-5-14/h1-3,6-7,12,14H,4-5,8-11H2. The van der Waals surface area contributed by atoms with E-state index in [1.165, 1.54) is 29.7 Å². The van der Waals surface area contributed by atoms with Gasteiger partial charge in [0.2, 0.25) is 0 Å². The van der Waals surface area contributed by atoms with E-state index in [0.717, 1.165) is 32.2 Å². The van der Waals surface area contributed by atoms with E-state index in [1.54, 1.807) is 24.4 Å². The van der Waals surface area contributed by atoms with Gasteiger partial charge in [0.15, 0.2) is 5.69 Å². The molecule has 1 aromatic carbocycles. The first-order valence-corrected chi connectivity index (χ1v) is 8.06. The van der Waals surface area contributed by atoms with Gasteiger partial charge in [0.1, 0.15) is 5.82 Å². The highest BCUT2D eigenvalue weighted by molar-refractivity contribution is 5.92. The summed E-state index contributed by atoms with van der Waals surface area (Å²) in [4.78, 5) is 16.9. The van der Waals surface area contributed by atoms with E-state index in [4.69, 9.17) is 0 Å². The maximum atomic E-state index is 13.3. The molecule has 0 bridgehead atoms. The van der Waals surface area contributed by atoms with Gasteiger partial charge in [0.05, 0.1) is 5.69 Å². The van der Waals surface area contributed by atoms with Crippen LogP contribution in [-0.2, 0) is 0 Å². The van der Waals surface area contributed by atoms with Crippen LogP contribution in [0.1, 0.15) is 23.3 Å². The van der Waals surface area contributed by atoms with Crippen molar-refractivity contribution in [1.82, 2.24) is 19.6 Å². The fraction of sp³-hybridized carbons (Fsp3) is 0.412. The minimum Gasteiger partial charge on any atom is -0.335 e. The Hall–Kier alpha value is -2.21. The normalized spacial score (nSPS) is 19.1. The van der Waals surface area contributed by atoms with Crippen molar-refractivity contribution in [1.29, 1.82) is 0 Å². The highest BCUT2D eigenvalue weighted by Gasteiger charge is 2.32. The zero-order chi connectivity index (χ0) is 15.8. The Kier molecular flexibility index (Phi) is 3.61. The van der Waals surface area contributed by atoms with Crippen molar-refractivity contribution in [3.63, 3.8) is 0 Å². The van der Waals surface area contributed by atoms with Crippen LogP contribution < -0.4 is 0 Å². The quantitative estimate of drug-likeness (QED) is 0.869. The van der Waals surface area contributed by atoms with Gasteiger partial charge in [-0.1, -0.05) is 6.07 Å². The molecule has 2 heterocycles. The number of hydrogen-bond acceptors (Lipinski definition) is 3.